The summed E-state index contributed by atoms with van der Waals surface area (Å²) in [5.41, 5.74) is 2.66. The highest BCUT2D eigenvalue weighted by Gasteiger charge is 2.30. The predicted molar refractivity (Wildman–Crippen MR) is 73.0 cm³/mol. The van der Waals surface area contributed by atoms with Gasteiger partial charge in [0.1, 0.15) is 0 Å². The summed E-state index contributed by atoms with van der Waals surface area (Å²) in [5, 5.41) is 0.847. The van der Waals surface area contributed by atoms with Gasteiger partial charge in [-0.15, -0.1) is 0 Å². The van der Waals surface area contributed by atoms with Gasteiger partial charge in [-0.25, -0.2) is 0 Å². The van der Waals surface area contributed by atoms with Crippen LogP contribution in [0.2, 0.25) is 5.02 Å². The quantitative estimate of drug-likeness (QED) is 0.756. The summed E-state index contributed by atoms with van der Waals surface area (Å²) >= 11 is 6.11. The van der Waals surface area contributed by atoms with E-state index < -0.39 is 0 Å². The molecule has 1 aromatic carbocycles. The molecule has 0 radical (unpaired) electrons. The van der Waals surface area contributed by atoms with Crippen molar-refractivity contribution in [1.82, 2.24) is 4.90 Å². The average Bonchev–Trinajstić information content (AvgIpc) is 2.79. The minimum atomic E-state index is 0.766. The molecular formula is C14H19ClN2. The maximum atomic E-state index is 6.11. The third-order valence-corrected chi connectivity index (χ3v) is 4.33. The number of nitrogens with zero attached hydrogens (tertiary/aromatic N) is 2. The van der Waals surface area contributed by atoms with Crippen molar-refractivity contribution in [2.24, 2.45) is 0 Å². The van der Waals surface area contributed by atoms with Gasteiger partial charge >= 0.3 is 0 Å². The van der Waals surface area contributed by atoms with Crippen molar-refractivity contribution in [3.63, 3.8) is 0 Å². The van der Waals surface area contributed by atoms with Gasteiger partial charge in [-0.1, -0.05) is 17.7 Å². The van der Waals surface area contributed by atoms with E-state index in [4.69, 9.17) is 11.6 Å². The van der Waals surface area contributed by atoms with E-state index >= 15 is 0 Å². The molecule has 0 saturated carbocycles. The fourth-order valence-corrected chi connectivity index (χ4v) is 3.30. The first kappa shape index (κ1) is 11.4. The smallest absolute Gasteiger partial charge is 0.0426 e. The van der Waals surface area contributed by atoms with E-state index in [2.05, 4.69) is 28.9 Å². The summed E-state index contributed by atoms with van der Waals surface area (Å²) in [7, 11) is 0. The van der Waals surface area contributed by atoms with Crippen molar-refractivity contribution in [1.29, 1.82) is 0 Å². The maximum absolute atomic E-state index is 6.11. The fourth-order valence-electron chi connectivity index (χ4n) is 3.13. The first-order valence-electron chi connectivity index (χ1n) is 6.49. The van der Waals surface area contributed by atoms with Crippen LogP contribution in [0.4, 0.5) is 5.69 Å². The van der Waals surface area contributed by atoms with Crippen LogP contribution < -0.4 is 4.90 Å². The summed E-state index contributed by atoms with van der Waals surface area (Å²) in [6.07, 6.45) is 2.73. The van der Waals surface area contributed by atoms with E-state index in [0.717, 1.165) is 17.6 Å². The standard InChI is InChI=1S/C14H19ClN2/c1-11-4-5-12(15)9-14(11)17-8-7-16-6-2-3-13(16)10-17/h4-5,9,13H,2-3,6-8,10H2,1H3. The monoisotopic (exact) mass is 250 g/mol. The molecule has 1 atom stereocenters. The first-order chi connectivity index (χ1) is 8.24. The van der Waals surface area contributed by atoms with Crippen LogP contribution in [-0.2, 0) is 0 Å². The van der Waals surface area contributed by atoms with Gasteiger partial charge in [-0.2, -0.15) is 0 Å². The SMILES string of the molecule is Cc1ccc(Cl)cc1N1CCN2CCCC2C1. The Bertz CT molecular complexity index is 419. The summed E-state index contributed by atoms with van der Waals surface area (Å²) < 4.78 is 0. The number of hydrogen-bond acceptors (Lipinski definition) is 2. The topological polar surface area (TPSA) is 6.48 Å². The molecule has 0 amide bonds. The van der Waals surface area contributed by atoms with Crippen LogP contribution in [0.15, 0.2) is 18.2 Å². The fraction of sp³-hybridized carbons (Fsp3) is 0.571. The lowest BCUT2D eigenvalue weighted by Gasteiger charge is -2.39. The molecule has 0 aromatic heterocycles. The van der Waals surface area contributed by atoms with Crippen LogP contribution in [-0.4, -0.2) is 37.1 Å². The van der Waals surface area contributed by atoms with Crippen molar-refractivity contribution in [3.8, 4) is 0 Å². The normalized spacial score (nSPS) is 25.1. The Balaban J connectivity index is 1.82. The summed E-state index contributed by atoms with van der Waals surface area (Å²) in [6, 6.07) is 6.98. The van der Waals surface area contributed by atoms with Gasteiger partial charge in [0.2, 0.25) is 0 Å². The molecule has 0 spiro atoms. The van der Waals surface area contributed by atoms with E-state index in [1.165, 1.54) is 43.7 Å². The van der Waals surface area contributed by atoms with Crippen LogP contribution in [0, 0.1) is 6.92 Å². The Hall–Kier alpha value is -0.730. The van der Waals surface area contributed by atoms with Crippen molar-refractivity contribution in [2.45, 2.75) is 25.8 Å². The van der Waals surface area contributed by atoms with Crippen LogP contribution in [0.5, 0.6) is 0 Å². The zero-order valence-electron chi connectivity index (χ0n) is 10.3. The Labute approximate surface area is 108 Å². The molecule has 2 heterocycles. The lowest BCUT2D eigenvalue weighted by molar-refractivity contribution is 0.231. The molecule has 2 aliphatic rings. The highest BCUT2D eigenvalue weighted by atomic mass is 35.5. The van der Waals surface area contributed by atoms with Gasteiger partial charge < -0.3 is 4.90 Å². The molecule has 2 aliphatic heterocycles. The lowest BCUT2D eigenvalue weighted by Crippen LogP contribution is -2.50. The molecule has 1 unspecified atom stereocenters. The number of piperazine rings is 1. The number of anilines is 1. The molecule has 3 heteroatoms. The van der Waals surface area contributed by atoms with Crippen molar-refractivity contribution >= 4 is 17.3 Å². The second-order valence-corrected chi connectivity index (χ2v) is 5.65. The highest BCUT2D eigenvalue weighted by Crippen LogP contribution is 2.29. The van der Waals surface area contributed by atoms with Crippen LogP contribution >= 0.6 is 11.6 Å². The number of aryl methyl sites for hydroxylation is 1. The van der Waals surface area contributed by atoms with E-state index in [1.54, 1.807) is 0 Å². The van der Waals surface area contributed by atoms with E-state index in [0.29, 0.717) is 0 Å². The lowest BCUT2D eigenvalue weighted by atomic mass is 10.1. The predicted octanol–water partition coefficient (Wildman–Crippen LogP) is 2.93. The van der Waals surface area contributed by atoms with Crippen LogP contribution in [0.25, 0.3) is 0 Å². The van der Waals surface area contributed by atoms with Crippen molar-refractivity contribution < 1.29 is 0 Å². The molecule has 17 heavy (non-hydrogen) atoms. The molecule has 1 aromatic rings. The van der Waals surface area contributed by atoms with E-state index in [1.807, 2.05) is 6.07 Å². The molecule has 2 saturated heterocycles. The Morgan fingerprint density at radius 2 is 2.12 bits per heavy atom. The molecular weight excluding hydrogens is 232 g/mol. The van der Waals surface area contributed by atoms with Gasteiger partial charge in [0.25, 0.3) is 0 Å². The average molecular weight is 251 g/mol. The molecule has 2 fully saturated rings. The third-order valence-electron chi connectivity index (χ3n) is 4.10. The van der Waals surface area contributed by atoms with Crippen LogP contribution in [0.3, 0.4) is 0 Å². The molecule has 0 N–H and O–H groups in total. The number of benzene rings is 1. The maximum Gasteiger partial charge on any atom is 0.0426 e. The highest BCUT2D eigenvalue weighted by molar-refractivity contribution is 6.30. The molecule has 3 rings (SSSR count). The van der Waals surface area contributed by atoms with E-state index in [9.17, 15) is 0 Å². The second kappa shape index (κ2) is 4.51. The zero-order chi connectivity index (χ0) is 11.8. The second-order valence-electron chi connectivity index (χ2n) is 5.21. The summed E-state index contributed by atoms with van der Waals surface area (Å²) in [6.45, 7) is 6.98. The molecule has 2 nitrogen and oxygen atoms in total. The summed E-state index contributed by atoms with van der Waals surface area (Å²) in [5.74, 6) is 0. The minimum absolute atomic E-state index is 0.766. The number of fused-ring (bicyclic) bond motifs is 1. The number of hydrogen-bond donors (Lipinski definition) is 0. The molecule has 92 valence electrons. The Kier molecular flexibility index (Phi) is 3.01. The van der Waals surface area contributed by atoms with Crippen molar-refractivity contribution in [2.75, 3.05) is 31.1 Å². The third kappa shape index (κ3) is 2.16. The first-order valence-corrected chi connectivity index (χ1v) is 6.87. The largest absolute Gasteiger partial charge is 0.368 e. The van der Waals surface area contributed by atoms with E-state index in [-0.39, 0.29) is 0 Å². The van der Waals surface area contributed by atoms with Gasteiger partial charge in [-0.3, -0.25) is 4.90 Å². The summed E-state index contributed by atoms with van der Waals surface area (Å²) in [4.78, 5) is 5.14. The van der Waals surface area contributed by atoms with Gasteiger partial charge in [0.15, 0.2) is 0 Å². The number of halogens is 1. The van der Waals surface area contributed by atoms with Gasteiger partial charge in [0.05, 0.1) is 0 Å². The van der Waals surface area contributed by atoms with Crippen molar-refractivity contribution in [3.05, 3.63) is 28.8 Å². The zero-order valence-corrected chi connectivity index (χ0v) is 11.1. The Morgan fingerprint density at radius 1 is 1.24 bits per heavy atom. The van der Waals surface area contributed by atoms with Crippen LogP contribution in [0.1, 0.15) is 18.4 Å². The van der Waals surface area contributed by atoms with Gasteiger partial charge in [0, 0.05) is 36.4 Å². The molecule has 0 aliphatic carbocycles. The molecule has 0 bridgehead atoms. The van der Waals surface area contributed by atoms with Gasteiger partial charge in [-0.05, 0) is 44.0 Å². The number of rotatable bonds is 1. The Morgan fingerprint density at radius 3 is 3.00 bits per heavy atom. The minimum Gasteiger partial charge on any atom is -0.368 e.